The molecule has 2 atom stereocenters. The molecule has 0 saturated carbocycles. The zero-order valence-electron chi connectivity index (χ0n) is 16.4. The molecule has 3 heterocycles. The first-order valence-corrected chi connectivity index (χ1v) is 10.2. The summed E-state index contributed by atoms with van der Waals surface area (Å²) in [5.41, 5.74) is 3.36. The summed E-state index contributed by atoms with van der Waals surface area (Å²) in [6, 6.07) is 7.28. The molecule has 5 rings (SSSR count). The minimum Gasteiger partial charge on any atom is -0.381 e. The maximum Gasteiger partial charge on any atom is 0.416 e. The molecule has 0 spiro atoms. The Bertz CT molecular complexity index is 962. The Balaban J connectivity index is 1.46. The molecule has 2 aromatic carbocycles. The summed E-state index contributed by atoms with van der Waals surface area (Å²) in [6.45, 7) is 3.86. The van der Waals surface area contributed by atoms with E-state index in [1.807, 2.05) is 6.07 Å². The third-order valence-electron chi connectivity index (χ3n) is 6.35. The first-order valence-electron chi connectivity index (χ1n) is 10.2. The van der Waals surface area contributed by atoms with Crippen LogP contribution in [-0.4, -0.2) is 32.3 Å². The lowest BCUT2D eigenvalue weighted by Crippen LogP contribution is -2.44. The largest absolute Gasteiger partial charge is 0.416 e. The van der Waals surface area contributed by atoms with Crippen LogP contribution >= 0.6 is 0 Å². The van der Waals surface area contributed by atoms with E-state index in [9.17, 15) is 17.6 Å². The predicted octanol–water partition coefficient (Wildman–Crippen LogP) is 4.25. The van der Waals surface area contributed by atoms with Crippen LogP contribution in [0.2, 0.25) is 0 Å². The quantitative estimate of drug-likeness (QED) is 0.727. The maximum atomic E-state index is 13.4. The standard InChI is InChI=1S/C22H23F4N3O/c23-15-2-1-13(19(8-15)22(24,25)26)10-28-16-7-14-12-30-6-5-29-20-3-4-27-11-18(20)17(9-16)21(14)29/h1-2,7-9,18,20,27-28H,3-6,10-12H2. The van der Waals surface area contributed by atoms with Gasteiger partial charge in [0.1, 0.15) is 5.82 Å². The minimum absolute atomic E-state index is 0.0188. The normalized spacial score (nSPS) is 23.0. The number of hydrogen-bond donors (Lipinski definition) is 2. The Morgan fingerprint density at radius 1 is 1.20 bits per heavy atom. The van der Waals surface area contributed by atoms with E-state index in [4.69, 9.17) is 4.74 Å². The lowest BCUT2D eigenvalue weighted by molar-refractivity contribution is -0.138. The van der Waals surface area contributed by atoms with Gasteiger partial charge < -0.3 is 20.3 Å². The highest BCUT2D eigenvalue weighted by Crippen LogP contribution is 2.47. The van der Waals surface area contributed by atoms with E-state index in [2.05, 4.69) is 21.6 Å². The van der Waals surface area contributed by atoms with Gasteiger partial charge in [0, 0.05) is 48.5 Å². The van der Waals surface area contributed by atoms with Crippen LogP contribution in [0.4, 0.5) is 28.9 Å². The molecule has 0 amide bonds. The molecule has 30 heavy (non-hydrogen) atoms. The molecule has 0 aliphatic carbocycles. The molecule has 1 saturated heterocycles. The van der Waals surface area contributed by atoms with Crippen molar-refractivity contribution in [2.24, 2.45) is 0 Å². The van der Waals surface area contributed by atoms with Gasteiger partial charge in [0.05, 0.1) is 18.8 Å². The summed E-state index contributed by atoms with van der Waals surface area (Å²) in [5.74, 6) is -0.527. The average Bonchev–Trinajstić information content (AvgIpc) is 2.88. The summed E-state index contributed by atoms with van der Waals surface area (Å²) in [7, 11) is 0. The number of benzene rings is 2. The van der Waals surface area contributed by atoms with Gasteiger partial charge >= 0.3 is 6.18 Å². The molecular formula is C22H23F4N3O. The Kier molecular flexibility index (Phi) is 4.86. The van der Waals surface area contributed by atoms with Crippen LogP contribution in [0.15, 0.2) is 30.3 Å². The van der Waals surface area contributed by atoms with E-state index >= 15 is 0 Å². The smallest absolute Gasteiger partial charge is 0.381 e. The van der Waals surface area contributed by atoms with Crippen molar-refractivity contribution in [3.05, 3.63) is 58.4 Å². The van der Waals surface area contributed by atoms with Crippen molar-refractivity contribution >= 4 is 11.4 Å². The second-order valence-corrected chi connectivity index (χ2v) is 8.14. The van der Waals surface area contributed by atoms with Crippen LogP contribution in [0.5, 0.6) is 0 Å². The summed E-state index contributed by atoms with van der Waals surface area (Å²) in [6.07, 6.45) is -3.54. The van der Waals surface area contributed by atoms with Gasteiger partial charge in [-0.15, -0.1) is 0 Å². The number of alkyl halides is 3. The monoisotopic (exact) mass is 421 g/mol. The van der Waals surface area contributed by atoms with Gasteiger partial charge in [-0.2, -0.15) is 13.2 Å². The van der Waals surface area contributed by atoms with Gasteiger partial charge in [0.2, 0.25) is 0 Å². The van der Waals surface area contributed by atoms with E-state index in [1.165, 1.54) is 17.3 Å². The van der Waals surface area contributed by atoms with Crippen molar-refractivity contribution in [3.63, 3.8) is 0 Å². The fraction of sp³-hybridized carbons (Fsp3) is 0.455. The minimum atomic E-state index is -4.60. The third-order valence-corrected chi connectivity index (χ3v) is 6.35. The van der Waals surface area contributed by atoms with Gasteiger partial charge in [0.15, 0.2) is 0 Å². The van der Waals surface area contributed by atoms with Crippen LogP contribution in [0.1, 0.15) is 34.6 Å². The second-order valence-electron chi connectivity index (χ2n) is 8.14. The molecule has 8 heteroatoms. The molecule has 2 unspecified atom stereocenters. The van der Waals surface area contributed by atoms with Gasteiger partial charge in [-0.1, -0.05) is 6.07 Å². The lowest BCUT2D eigenvalue weighted by atomic mass is 9.89. The van der Waals surface area contributed by atoms with Crippen LogP contribution in [0.3, 0.4) is 0 Å². The molecule has 0 aromatic heterocycles. The molecule has 3 aliphatic heterocycles. The number of anilines is 2. The lowest BCUT2D eigenvalue weighted by Gasteiger charge is -2.33. The number of hydrogen-bond acceptors (Lipinski definition) is 4. The first kappa shape index (κ1) is 19.6. The molecule has 2 N–H and O–H groups in total. The van der Waals surface area contributed by atoms with E-state index in [1.54, 1.807) is 0 Å². The molecule has 0 bridgehead atoms. The number of rotatable bonds is 3. The molecular weight excluding hydrogens is 398 g/mol. The zero-order chi connectivity index (χ0) is 20.9. The van der Waals surface area contributed by atoms with Gasteiger partial charge in [0.25, 0.3) is 0 Å². The Labute approximate surface area is 172 Å². The molecule has 0 radical (unpaired) electrons. The van der Waals surface area contributed by atoms with Crippen molar-refractivity contribution in [2.45, 2.75) is 37.7 Å². The van der Waals surface area contributed by atoms with Crippen molar-refractivity contribution in [3.8, 4) is 0 Å². The van der Waals surface area contributed by atoms with Gasteiger partial charge in [-0.3, -0.25) is 0 Å². The highest BCUT2D eigenvalue weighted by atomic mass is 19.4. The van der Waals surface area contributed by atoms with Crippen LogP contribution in [0.25, 0.3) is 0 Å². The van der Waals surface area contributed by atoms with E-state index < -0.39 is 17.6 Å². The van der Waals surface area contributed by atoms with Crippen molar-refractivity contribution in [2.75, 3.05) is 36.5 Å². The summed E-state index contributed by atoms with van der Waals surface area (Å²) >= 11 is 0. The molecule has 3 aliphatic rings. The van der Waals surface area contributed by atoms with E-state index in [0.717, 1.165) is 43.4 Å². The van der Waals surface area contributed by atoms with Crippen LogP contribution in [0, 0.1) is 5.82 Å². The topological polar surface area (TPSA) is 36.5 Å². The van der Waals surface area contributed by atoms with Gasteiger partial charge in [-0.25, -0.2) is 4.39 Å². The second kappa shape index (κ2) is 7.42. The Morgan fingerprint density at radius 3 is 2.90 bits per heavy atom. The summed E-state index contributed by atoms with van der Waals surface area (Å²) in [4.78, 5) is 2.45. The zero-order valence-corrected chi connectivity index (χ0v) is 16.4. The van der Waals surface area contributed by atoms with Crippen molar-refractivity contribution in [1.82, 2.24) is 5.32 Å². The maximum absolute atomic E-state index is 13.4. The summed E-state index contributed by atoms with van der Waals surface area (Å²) in [5, 5.41) is 6.60. The molecule has 1 fully saturated rings. The molecule has 2 aromatic rings. The SMILES string of the molecule is Fc1ccc(CNc2cc3c4c(c2)C2CNCCC2N4CCOC3)c(C(F)(F)F)c1. The molecule has 160 valence electrons. The van der Waals surface area contributed by atoms with Crippen LogP contribution < -0.4 is 15.5 Å². The van der Waals surface area contributed by atoms with E-state index in [-0.39, 0.29) is 12.1 Å². The van der Waals surface area contributed by atoms with Crippen LogP contribution in [-0.2, 0) is 24.1 Å². The number of fused-ring (bicyclic) bond motifs is 3. The first-order chi connectivity index (χ1) is 14.4. The Morgan fingerprint density at radius 2 is 2.07 bits per heavy atom. The highest BCUT2D eigenvalue weighted by Gasteiger charge is 2.42. The van der Waals surface area contributed by atoms with Crippen molar-refractivity contribution < 1.29 is 22.3 Å². The number of piperidine rings is 1. The average molecular weight is 421 g/mol. The summed E-state index contributed by atoms with van der Waals surface area (Å²) < 4.78 is 59.1. The number of halogens is 4. The van der Waals surface area contributed by atoms with Crippen molar-refractivity contribution in [1.29, 1.82) is 0 Å². The third kappa shape index (κ3) is 3.41. The Hall–Kier alpha value is -2.32. The number of ether oxygens (including phenoxy) is 1. The number of nitrogens with zero attached hydrogens (tertiary/aromatic N) is 1. The van der Waals surface area contributed by atoms with E-state index in [0.29, 0.717) is 31.2 Å². The van der Waals surface area contributed by atoms with Gasteiger partial charge in [-0.05, 0) is 48.4 Å². The highest BCUT2D eigenvalue weighted by molar-refractivity contribution is 5.72. The fourth-order valence-electron chi connectivity index (χ4n) is 5.05. The predicted molar refractivity (Wildman–Crippen MR) is 106 cm³/mol. The molecule has 4 nitrogen and oxygen atoms in total. The number of nitrogens with one attached hydrogen (secondary N) is 2. The fourth-order valence-corrected chi connectivity index (χ4v) is 5.05.